The number of benzene rings is 2. The molecule has 0 fully saturated rings. The Morgan fingerprint density at radius 1 is 1.10 bits per heavy atom. The summed E-state index contributed by atoms with van der Waals surface area (Å²) < 4.78 is 32.4. The molecule has 158 valence electrons. The molecule has 2 aromatic carbocycles. The summed E-state index contributed by atoms with van der Waals surface area (Å²) in [6.45, 7) is 4.73. The van der Waals surface area contributed by atoms with Crippen molar-refractivity contribution < 1.29 is 17.9 Å². The number of aryl methyl sites for hydroxylation is 1. The van der Waals surface area contributed by atoms with Crippen molar-refractivity contribution in [3.8, 4) is 5.75 Å². The standard InChI is InChI=1S/C22H30N2O4S/c1-5-6-7-14-23-22(25)18-10-13-21(28-4)19(15-18)16-24(3)29(26,27)20-11-8-17(2)9-12-20/h8-13,15H,5-7,14,16H2,1-4H3,(H,23,25). The molecule has 0 saturated carbocycles. The van der Waals surface area contributed by atoms with Gasteiger partial charge in [0.25, 0.3) is 5.91 Å². The minimum atomic E-state index is -3.66. The van der Waals surface area contributed by atoms with Crippen molar-refractivity contribution in [3.63, 3.8) is 0 Å². The summed E-state index contributed by atoms with van der Waals surface area (Å²) in [6.07, 6.45) is 3.09. The van der Waals surface area contributed by atoms with Crippen LogP contribution in [0.2, 0.25) is 0 Å². The molecule has 0 saturated heterocycles. The van der Waals surface area contributed by atoms with Gasteiger partial charge in [-0.3, -0.25) is 4.79 Å². The van der Waals surface area contributed by atoms with E-state index in [0.29, 0.717) is 23.4 Å². The average molecular weight is 419 g/mol. The van der Waals surface area contributed by atoms with Gasteiger partial charge in [-0.1, -0.05) is 37.5 Å². The maximum absolute atomic E-state index is 12.9. The van der Waals surface area contributed by atoms with Gasteiger partial charge in [-0.25, -0.2) is 8.42 Å². The van der Waals surface area contributed by atoms with Gasteiger partial charge in [-0.15, -0.1) is 0 Å². The second kappa shape index (κ2) is 10.4. The number of carbonyl (C=O) groups excluding carboxylic acids is 1. The SMILES string of the molecule is CCCCCNC(=O)c1ccc(OC)c(CN(C)S(=O)(=O)c2ccc(C)cc2)c1. The van der Waals surface area contributed by atoms with E-state index in [4.69, 9.17) is 4.74 Å². The van der Waals surface area contributed by atoms with Crippen LogP contribution >= 0.6 is 0 Å². The quantitative estimate of drug-likeness (QED) is 0.597. The van der Waals surface area contributed by atoms with Gasteiger partial charge in [-0.2, -0.15) is 4.31 Å². The fourth-order valence-corrected chi connectivity index (χ4v) is 4.09. The first-order valence-corrected chi connectivity index (χ1v) is 11.2. The van der Waals surface area contributed by atoms with Gasteiger partial charge in [0.05, 0.1) is 12.0 Å². The molecule has 0 heterocycles. The van der Waals surface area contributed by atoms with Crippen LogP contribution in [0.5, 0.6) is 5.75 Å². The average Bonchev–Trinajstić information content (AvgIpc) is 2.71. The number of hydrogen-bond donors (Lipinski definition) is 1. The summed E-state index contributed by atoms with van der Waals surface area (Å²) in [7, 11) is -0.610. The third-order valence-electron chi connectivity index (χ3n) is 4.73. The molecule has 0 aliphatic rings. The molecule has 0 radical (unpaired) electrons. The summed E-state index contributed by atoms with van der Waals surface area (Å²) in [5, 5.41) is 2.90. The third kappa shape index (κ3) is 6.05. The normalized spacial score (nSPS) is 11.5. The van der Waals surface area contributed by atoms with Crippen molar-refractivity contribution in [1.82, 2.24) is 9.62 Å². The monoisotopic (exact) mass is 418 g/mol. The molecule has 2 rings (SSSR count). The van der Waals surface area contributed by atoms with Gasteiger partial charge in [0.2, 0.25) is 10.0 Å². The summed E-state index contributed by atoms with van der Waals surface area (Å²) >= 11 is 0. The smallest absolute Gasteiger partial charge is 0.251 e. The Labute approximate surface area is 173 Å². The van der Waals surface area contributed by atoms with E-state index in [2.05, 4.69) is 12.2 Å². The van der Waals surface area contributed by atoms with Gasteiger partial charge in [-0.05, 0) is 43.7 Å². The van der Waals surface area contributed by atoms with Crippen molar-refractivity contribution in [1.29, 1.82) is 0 Å². The lowest BCUT2D eigenvalue weighted by Crippen LogP contribution is -2.27. The van der Waals surface area contributed by atoms with Crippen LogP contribution in [0.3, 0.4) is 0 Å². The summed E-state index contributed by atoms with van der Waals surface area (Å²) in [4.78, 5) is 12.6. The van der Waals surface area contributed by atoms with E-state index < -0.39 is 10.0 Å². The summed E-state index contributed by atoms with van der Waals surface area (Å²) in [5.41, 5.74) is 2.11. The highest BCUT2D eigenvalue weighted by Gasteiger charge is 2.22. The van der Waals surface area contributed by atoms with Crippen LogP contribution in [-0.4, -0.2) is 39.3 Å². The van der Waals surface area contributed by atoms with E-state index in [1.165, 1.54) is 18.5 Å². The minimum Gasteiger partial charge on any atom is -0.496 e. The fraction of sp³-hybridized carbons (Fsp3) is 0.409. The van der Waals surface area contributed by atoms with E-state index in [0.717, 1.165) is 24.8 Å². The maximum Gasteiger partial charge on any atom is 0.251 e. The number of nitrogens with zero attached hydrogens (tertiary/aromatic N) is 1. The molecular weight excluding hydrogens is 388 g/mol. The topological polar surface area (TPSA) is 75.7 Å². The molecule has 0 bridgehead atoms. The van der Waals surface area contributed by atoms with Crippen LogP contribution in [0.1, 0.15) is 47.7 Å². The number of rotatable bonds is 10. The van der Waals surface area contributed by atoms with Crippen molar-refractivity contribution in [2.24, 2.45) is 0 Å². The number of hydrogen-bond acceptors (Lipinski definition) is 4. The number of nitrogens with one attached hydrogen (secondary N) is 1. The van der Waals surface area contributed by atoms with Crippen LogP contribution in [0.4, 0.5) is 0 Å². The number of methoxy groups -OCH3 is 1. The highest BCUT2D eigenvalue weighted by molar-refractivity contribution is 7.89. The lowest BCUT2D eigenvalue weighted by molar-refractivity contribution is 0.0953. The first kappa shape index (κ1) is 22.9. The van der Waals surface area contributed by atoms with Crippen molar-refractivity contribution >= 4 is 15.9 Å². The van der Waals surface area contributed by atoms with Crippen LogP contribution in [-0.2, 0) is 16.6 Å². The Morgan fingerprint density at radius 2 is 1.79 bits per heavy atom. The zero-order chi connectivity index (χ0) is 21.4. The van der Waals surface area contributed by atoms with E-state index in [9.17, 15) is 13.2 Å². The van der Waals surface area contributed by atoms with Crippen LogP contribution in [0.15, 0.2) is 47.4 Å². The summed E-state index contributed by atoms with van der Waals surface area (Å²) in [6, 6.07) is 11.8. The van der Waals surface area contributed by atoms with Gasteiger partial charge >= 0.3 is 0 Å². The Bertz CT molecular complexity index is 924. The predicted molar refractivity (Wildman–Crippen MR) is 115 cm³/mol. The number of unbranched alkanes of at least 4 members (excludes halogenated alkanes) is 2. The lowest BCUT2D eigenvalue weighted by Gasteiger charge is -2.19. The Morgan fingerprint density at radius 3 is 2.41 bits per heavy atom. The van der Waals surface area contributed by atoms with E-state index in [1.54, 1.807) is 42.5 Å². The Hall–Kier alpha value is -2.38. The number of ether oxygens (including phenoxy) is 1. The van der Waals surface area contributed by atoms with Gasteiger partial charge in [0.1, 0.15) is 5.75 Å². The Kier molecular flexibility index (Phi) is 8.22. The van der Waals surface area contributed by atoms with Crippen LogP contribution in [0.25, 0.3) is 0 Å². The molecule has 0 aliphatic carbocycles. The largest absolute Gasteiger partial charge is 0.496 e. The number of amides is 1. The minimum absolute atomic E-state index is 0.0936. The molecule has 1 N–H and O–H groups in total. The second-order valence-corrected chi connectivity index (χ2v) is 9.11. The first-order valence-electron chi connectivity index (χ1n) is 9.77. The molecule has 0 spiro atoms. The molecule has 0 atom stereocenters. The molecule has 0 aliphatic heterocycles. The summed E-state index contributed by atoms with van der Waals surface area (Å²) in [5.74, 6) is 0.368. The van der Waals surface area contributed by atoms with Crippen LogP contribution < -0.4 is 10.1 Å². The molecule has 0 unspecified atom stereocenters. The van der Waals surface area contributed by atoms with Crippen molar-refractivity contribution in [2.75, 3.05) is 20.7 Å². The fourth-order valence-electron chi connectivity index (χ4n) is 2.94. The van der Waals surface area contributed by atoms with Crippen molar-refractivity contribution in [2.45, 2.75) is 44.6 Å². The van der Waals surface area contributed by atoms with Crippen molar-refractivity contribution in [3.05, 3.63) is 59.2 Å². The molecule has 6 nitrogen and oxygen atoms in total. The Balaban J connectivity index is 2.19. The molecule has 29 heavy (non-hydrogen) atoms. The van der Waals surface area contributed by atoms with E-state index in [1.807, 2.05) is 6.92 Å². The zero-order valence-electron chi connectivity index (χ0n) is 17.6. The highest BCUT2D eigenvalue weighted by atomic mass is 32.2. The number of sulfonamides is 1. The lowest BCUT2D eigenvalue weighted by atomic mass is 10.1. The second-order valence-electron chi connectivity index (χ2n) is 7.06. The molecular formula is C22H30N2O4S. The maximum atomic E-state index is 12.9. The molecule has 7 heteroatoms. The third-order valence-corrected chi connectivity index (χ3v) is 6.55. The van der Waals surface area contributed by atoms with Gasteiger partial charge in [0.15, 0.2) is 0 Å². The predicted octanol–water partition coefficient (Wildman–Crippen LogP) is 3.74. The number of carbonyl (C=O) groups is 1. The van der Waals surface area contributed by atoms with Crippen LogP contribution in [0, 0.1) is 6.92 Å². The molecule has 1 amide bonds. The molecule has 2 aromatic rings. The zero-order valence-corrected chi connectivity index (χ0v) is 18.4. The van der Waals surface area contributed by atoms with Gasteiger partial charge in [0, 0.05) is 31.3 Å². The first-order chi connectivity index (χ1) is 13.8. The van der Waals surface area contributed by atoms with E-state index >= 15 is 0 Å². The highest BCUT2D eigenvalue weighted by Crippen LogP contribution is 2.24. The molecule has 0 aromatic heterocycles. The van der Waals surface area contributed by atoms with E-state index in [-0.39, 0.29) is 17.3 Å². The van der Waals surface area contributed by atoms with Gasteiger partial charge < -0.3 is 10.1 Å².